The fraction of sp³-hybridized carbons (Fsp3) is 0.333. The van der Waals surface area contributed by atoms with E-state index in [1.807, 2.05) is 85.8 Å². The highest BCUT2D eigenvalue weighted by Gasteiger charge is 2.50. The second-order valence-corrected chi connectivity index (χ2v) is 9.50. The largest absolute Gasteiger partial charge is 0.494 e. The third-order valence-electron chi connectivity index (χ3n) is 6.79. The van der Waals surface area contributed by atoms with Gasteiger partial charge in [-0.25, -0.2) is 10.4 Å². The normalized spacial score (nSPS) is 17.9. The molecule has 3 aromatic carbocycles. The molecule has 3 N–H and O–H groups in total. The van der Waals surface area contributed by atoms with Crippen molar-refractivity contribution in [1.82, 2.24) is 10.9 Å². The van der Waals surface area contributed by atoms with Crippen molar-refractivity contribution < 1.29 is 19.4 Å². The Labute approximate surface area is 233 Å². The molecule has 2 atom stereocenters. The van der Waals surface area contributed by atoms with Gasteiger partial charge in [0.15, 0.2) is 5.54 Å². The fourth-order valence-electron chi connectivity index (χ4n) is 4.53. The van der Waals surface area contributed by atoms with Crippen LogP contribution in [-0.4, -0.2) is 48.3 Å². The number of hydrogen-bond donors (Lipinski definition) is 3. The van der Waals surface area contributed by atoms with Crippen LogP contribution in [0.3, 0.4) is 0 Å². The third kappa shape index (κ3) is 7.18. The van der Waals surface area contributed by atoms with Gasteiger partial charge in [0.05, 0.1) is 13.2 Å². The van der Waals surface area contributed by atoms with Crippen molar-refractivity contribution in [3.05, 3.63) is 112 Å². The minimum atomic E-state index is -1.27. The summed E-state index contributed by atoms with van der Waals surface area (Å²) >= 11 is 0. The molecule has 4 rings (SSSR count). The summed E-state index contributed by atoms with van der Waals surface area (Å²) in [6, 6.07) is 24.9. The minimum Gasteiger partial charge on any atom is -0.494 e. The molecule has 10 nitrogen and oxygen atoms in total. The molecule has 0 spiro atoms. The Morgan fingerprint density at radius 1 is 1.10 bits per heavy atom. The van der Waals surface area contributed by atoms with E-state index >= 15 is 0 Å². The number of nitrogens with zero attached hydrogens (tertiary/aromatic N) is 4. The van der Waals surface area contributed by atoms with Gasteiger partial charge in [-0.3, -0.25) is 10.2 Å². The summed E-state index contributed by atoms with van der Waals surface area (Å²) < 4.78 is 11.8. The van der Waals surface area contributed by atoms with E-state index in [9.17, 15) is 4.79 Å². The molecule has 1 aliphatic rings. The second-order valence-electron chi connectivity index (χ2n) is 9.50. The van der Waals surface area contributed by atoms with E-state index in [0.29, 0.717) is 31.2 Å². The molecule has 0 saturated heterocycles. The van der Waals surface area contributed by atoms with Gasteiger partial charge in [0.25, 0.3) is 5.91 Å². The molecule has 0 saturated carbocycles. The van der Waals surface area contributed by atoms with E-state index in [-0.39, 0.29) is 25.5 Å². The first-order valence-corrected chi connectivity index (χ1v) is 13.3. The number of aliphatic hydroxyl groups excluding tert-OH is 1. The van der Waals surface area contributed by atoms with E-state index in [0.717, 1.165) is 28.7 Å². The maximum absolute atomic E-state index is 13.8. The van der Waals surface area contributed by atoms with Crippen LogP contribution in [0.1, 0.15) is 35.6 Å². The van der Waals surface area contributed by atoms with Crippen LogP contribution in [0.2, 0.25) is 0 Å². The lowest BCUT2D eigenvalue weighted by Gasteiger charge is -2.29. The van der Waals surface area contributed by atoms with Gasteiger partial charge in [0.2, 0.25) is 5.90 Å². The number of aliphatic imine (C=N–C) groups is 1. The van der Waals surface area contributed by atoms with Crippen LogP contribution in [0.5, 0.6) is 5.75 Å². The molecule has 3 aromatic rings. The van der Waals surface area contributed by atoms with Gasteiger partial charge in [-0.05, 0) is 59.8 Å². The molecule has 1 aliphatic heterocycles. The Bertz CT molecular complexity index is 1340. The van der Waals surface area contributed by atoms with Crippen LogP contribution in [0.4, 0.5) is 0 Å². The summed E-state index contributed by atoms with van der Waals surface area (Å²) in [5, 5.41) is 12.7. The van der Waals surface area contributed by atoms with Gasteiger partial charge in [0, 0.05) is 36.5 Å². The first-order valence-electron chi connectivity index (χ1n) is 13.3. The molecule has 0 fully saturated rings. The summed E-state index contributed by atoms with van der Waals surface area (Å²) in [7, 11) is 0. The van der Waals surface area contributed by atoms with E-state index < -0.39 is 11.6 Å². The quantitative estimate of drug-likeness (QED) is 0.0917. The minimum absolute atomic E-state index is 0.0673. The SMILES string of the molecule is C[C@@H]1OC(c2ccc(OCCCO)cc2)=N[C@]1(Cc1ccccc1CN=[N+]=[N-])C(=O)NNCCc1ccccc1. The molecular formula is C30H34N6O4. The molecule has 0 aromatic heterocycles. The number of nitrogens with one attached hydrogen (secondary N) is 2. The number of ether oxygens (including phenoxy) is 2. The molecule has 10 heteroatoms. The average molecular weight is 543 g/mol. The second kappa shape index (κ2) is 14.1. The first-order chi connectivity index (χ1) is 19.6. The number of carbonyl (C=O) groups is 1. The lowest BCUT2D eigenvalue weighted by molar-refractivity contribution is -0.129. The number of rotatable bonds is 14. The Hall–Kier alpha value is -4.37. The Balaban J connectivity index is 1.57. The van der Waals surface area contributed by atoms with Gasteiger partial charge in [-0.1, -0.05) is 59.7 Å². The van der Waals surface area contributed by atoms with Crippen LogP contribution in [0.15, 0.2) is 89.0 Å². The number of carbonyl (C=O) groups excluding carboxylic acids is 1. The number of benzene rings is 3. The van der Waals surface area contributed by atoms with Crippen LogP contribution < -0.4 is 15.6 Å². The van der Waals surface area contributed by atoms with Crippen molar-refractivity contribution in [2.24, 2.45) is 10.1 Å². The predicted molar refractivity (Wildman–Crippen MR) is 153 cm³/mol. The molecule has 208 valence electrons. The number of hydrogen-bond acceptors (Lipinski definition) is 7. The average Bonchev–Trinajstić information content (AvgIpc) is 3.32. The van der Waals surface area contributed by atoms with Gasteiger partial charge in [-0.2, -0.15) is 0 Å². The van der Waals surface area contributed by atoms with Crippen molar-refractivity contribution in [1.29, 1.82) is 0 Å². The van der Waals surface area contributed by atoms with Crippen LogP contribution in [-0.2, 0) is 28.9 Å². The van der Waals surface area contributed by atoms with Crippen molar-refractivity contribution in [2.45, 2.75) is 44.4 Å². The molecular weight excluding hydrogens is 508 g/mol. The summed E-state index contributed by atoms with van der Waals surface area (Å²) in [4.78, 5) is 21.6. The lowest BCUT2D eigenvalue weighted by Crippen LogP contribution is -2.56. The monoisotopic (exact) mass is 542 g/mol. The van der Waals surface area contributed by atoms with Crippen molar-refractivity contribution in [3.63, 3.8) is 0 Å². The van der Waals surface area contributed by atoms with Gasteiger partial charge < -0.3 is 14.6 Å². The molecule has 40 heavy (non-hydrogen) atoms. The number of amides is 1. The summed E-state index contributed by atoms with van der Waals surface area (Å²) in [6.07, 6.45) is 0.971. The maximum atomic E-state index is 13.8. The zero-order valence-corrected chi connectivity index (χ0v) is 22.5. The highest BCUT2D eigenvalue weighted by atomic mass is 16.5. The molecule has 1 heterocycles. The maximum Gasteiger partial charge on any atom is 0.266 e. The zero-order valence-electron chi connectivity index (χ0n) is 22.5. The highest BCUT2D eigenvalue weighted by Crippen LogP contribution is 2.33. The fourth-order valence-corrected chi connectivity index (χ4v) is 4.53. The van der Waals surface area contributed by atoms with Crippen LogP contribution in [0.25, 0.3) is 10.4 Å². The van der Waals surface area contributed by atoms with Crippen LogP contribution in [0, 0.1) is 0 Å². The molecule has 0 bridgehead atoms. The molecule has 0 unspecified atom stereocenters. The Morgan fingerprint density at radius 3 is 2.55 bits per heavy atom. The van der Waals surface area contributed by atoms with E-state index in [1.165, 1.54) is 0 Å². The van der Waals surface area contributed by atoms with E-state index in [2.05, 4.69) is 20.9 Å². The topological polar surface area (TPSA) is 141 Å². The highest BCUT2D eigenvalue weighted by molar-refractivity contribution is 6.00. The summed E-state index contributed by atoms with van der Waals surface area (Å²) in [6.45, 7) is 3.03. The summed E-state index contributed by atoms with van der Waals surface area (Å²) in [5.74, 6) is 0.717. The van der Waals surface area contributed by atoms with E-state index in [1.54, 1.807) is 0 Å². The number of aliphatic hydroxyl groups is 1. The summed E-state index contributed by atoms with van der Waals surface area (Å²) in [5.41, 5.74) is 17.0. The molecule has 0 radical (unpaired) electrons. The van der Waals surface area contributed by atoms with Gasteiger partial charge in [-0.15, -0.1) is 0 Å². The predicted octanol–water partition coefficient (Wildman–Crippen LogP) is 4.27. The number of azide groups is 1. The lowest BCUT2D eigenvalue weighted by atomic mass is 9.84. The van der Waals surface area contributed by atoms with Crippen molar-refractivity contribution in [2.75, 3.05) is 19.8 Å². The Morgan fingerprint density at radius 2 is 1.82 bits per heavy atom. The van der Waals surface area contributed by atoms with Gasteiger partial charge >= 0.3 is 0 Å². The number of hydrazine groups is 1. The third-order valence-corrected chi connectivity index (χ3v) is 6.79. The van der Waals surface area contributed by atoms with Crippen molar-refractivity contribution in [3.8, 4) is 5.75 Å². The molecule has 1 amide bonds. The van der Waals surface area contributed by atoms with Crippen LogP contribution >= 0.6 is 0 Å². The Kier molecular flexibility index (Phi) is 10.1. The zero-order chi connectivity index (χ0) is 28.2. The van der Waals surface area contributed by atoms with Gasteiger partial charge in [0.1, 0.15) is 11.9 Å². The first kappa shape index (κ1) is 28.6. The molecule has 0 aliphatic carbocycles. The smallest absolute Gasteiger partial charge is 0.266 e. The van der Waals surface area contributed by atoms with E-state index in [4.69, 9.17) is 25.1 Å². The standard InChI is InChI=1S/C30H34N6O4/c1-22-30(20-25-10-5-6-11-26(25)21-33-36-31,29(38)35-32-17-16-23-8-3-2-4-9-23)34-28(40-22)24-12-14-27(15-13-24)39-19-7-18-37/h2-6,8-15,22,32,37H,7,16-21H2,1H3,(H,35,38)/t22-,30-/m0/s1. The van der Waals surface area contributed by atoms with Crippen molar-refractivity contribution >= 4 is 11.8 Å².